The summed E-state index contributed by atoms with van der Waals surface area (Å²) in [5.74, 6) is -2.78. The van der Waals surface area contributed by atoms with Gasteiger partial charge in [-0.15, -0.1) is 11.3 Å². The number of hydrogen-bond donors (Lipinski definition) is 3. The number of carboxylic acid groups (broad SMARTS) is 1. The highest BCUT2D eigenvalue weighted by Crippen LogP contribution is 2.25. The summed E-state index contributed by atoms with van der Waals surface area (Å²) in [6, 6.07) is 11.1. The van der Waals surface area contributed by atoms with Crippen LogP contribution in [0.2, 0.25) is 0 Å². The summed E-state index contributed by atoms with van der Waals surface area (Å²) in [7, 11) is 0. The molecule has 1 heterocycles. The molecule has 0 fully saturated rings. The number of thiophene rings is 1. The molecule has 178 valence electrons. The third-order valence-electron chi connectivity index (χ3n) is 5.38. The fourth-order valence-electron chi connectivity index (χ4n) is 3.64. The Morgan fingerprint density at radius 1 is 1.06 bits per heavy atom. The van der Waals surface area contributed by atoms with E-state index in [1.54, 1.807) is 11.3 Å². The molecule has 0 unspecified atom stereocenters. The van der Waals surface area contributed by atoms with E-state index in [0.29, 0.717) is 12.8 Å². The van der Waals surface area contributed by atoms with Crippen molar-refractivity contribution in [3.05, 3.63) is 47.3 Å². The smallest absolute Gasteiger partial charge is 0.303 e. The largest absolute Gasteiger partial charge is 0.481 e. The number of ketones is 1. The first-order valence-corrected chi connectivity index (χ1v) is 12.0. The first-order chi connectivity index (χ1) is 15.7. The molecule has 8 heteroatoms. The van der Waals surface area contributed by atoms with Gasteiger partial charge in [0.1, 0.15) is 0 Å². The minimum atomic E-state index is -1.05. The lowest BCUT2D eigenvalue weighted by atomic mass is 9.89. The topological polar surface area (TPSA) is 127 Å². The van der Waals surface area contributed by atoms with Crippen LogP contribution in [0, 0.1) is 11.8 Å². The molecule has 7 nitrogen and oxygen atoms in total. The molecular weight excluding hydrogens is 440 g/mol. The first-order valence-electron chi connectivity index (χ1n) is 11.1. The second kappa shape index (κ2) is 12.9. The van der Waals surface area contributed by atoms with Crippen LogP contribution < -0.4 is 11.1 Å². The molecule has 0 spiro atoms. The van der Waals surface area contributed by atoms with Gasteiger partial charge < -0.3 is 16.2 Å². The Balaban J connectivity index is 1.95. The van der Waals surface area contributed by atoms with Gasteiger partial charge in [-0.1, -0.05) is 44.2 Å². The third kappa shape index (κ3) is 9.18. The monoisotopic (exact) mass is 472 g/mol. The first kappa shape index (κ1) is 26.3. The average molecular weight is 473 g/mol. The number of nitrogens with two attached hydrogens (primary N) is 1. The third-order valence-corrected chi connectivity index (χ3v) is 6.30. The van der Waals surface area contributed by atoms with E-state index in [9.17, 15) is 19.2 Å². The van der Waals surface area contributed by atoms with Crippen LogP contribution in [0.25, 0.3) is 10.4 Å². The lowest BCUT2D eigenvalue weighted by Gasteiger charge is -2.21. The number of aryl methyl sites for hydroxylation is 1. The summed E-state index contributed by atoms with van der Waals surface area (Å²) in [6.45, 7) is 3.86. The minimum absolute atomic E-state index is 0.0252. The molecular formula is C25H32N2O5S. The van der Waals surface area contributed by atoms with Crippen molar-refractivity contribution >= 4 is 34.9 Å². The molecule has 2 aromatic rings. The Morgan fingerprint density at radius 2 is 1.76 bits per heavy atom. The molecule has 0 aliphatic rings. The summed E-state index contributed by atoms with van der Waals surface area (Å²) in [6.07, 6.45) is 0.730. The molecule has 2 amide bonds. The maximum absolute atomic E-state index is 12.8. The number of carbonyl (C=O) groups is 4. The summed E-state index contributed by atoms with van der Waals surface area (Å²) in [5, 5.41) is 13.7. The Hall–Kier alpha value is -3.00. The number of primary amides is 1. The van der Waals surface area contributed by atoms with Crippen molar-refractivity contribution in [3.8, 4) is 10.4 Å². The van der Waals surface area contributed by atoms with E-state index >= 15 is 0 Å². The van der Waals surface area contributed by atoms with Crippen LogP contribution >= 0.6 is 11.3 Å². The number of benzene rings is 1. The van der Waals surface area contributed by atoms with Gasteiger partial charge in [-0.2, -0.15) is 0 Å². The molecule has 33 heavy (non-hydrogen) atoms. The predicted molar refractivity (Wildman–Crippen MR) is 129 cm³/mol. The van der Waals surface area contributed by atoms with Gasteiger partial charge in [0.15, 0.2) is 5.78 Å². The highest BCUT2D eigenvalue weighted by Gasteiger charge is 2.27. The Labute approximate surface area is 198 Å². The van der Waals surface area contributed by atoms with Gasteiger partial charge in [0.05, 0.1) is 6.04 Å². The molecule has 1 aromatic heterocycles. The van der Waals surface area contributed by atoms with Crippen LogP contribution in [0.3, 0.4) is 0 Å². The van der Waals surface area contributed by atoms with Crippen molar-refractivity contribution in [2.45, 2.75) is 58.4 Å². The van der Waals surface area contributed by atoms with Crippen molar-refractivity contribution in [2.24, 2.45) is 17.6 Å². The standard InChI is InChI=1S/C25H32N2O5S/c1-16(2)14-19(25(26)32)15-21(28)20(10-12-24(30)31)27-23(29)11-7-17-5-8-18(9-6-17)22-4-3-13-33-22/h3-6,8-9,13,16,19-20H,7,10-12,14-15H2,1-2H3,(H2,26,32)(H,27,29)(H,30,31)/t19-,20-/m0/s1. The number of hydrogen-bond acceptors (Lipinski definition) is 5. The molecule has 0 bridgehead atoms. The molecule has 0 saturated carbocycles. The number of carboxylic acids is 1. The number of amides is 2. The zero-order valence-corrected chi connectivity index (χ0v) is 19.9. The maximum atomic E-state index is 12.8. The van der Waals surface area contributed by atoms with Crippen LogP contribution in [0.4, 0.5) is 0 Å². The number of rotatable bonds is 14. The Bertz CT molecular complexity index is 938. The van der Waals surface area contributed by atoms with Crippen molar-refractivity contribution in [1.29, 1.82) is 0 Å². The lowest BCUT2D eigenvalue weighted by Crippen LogP contribution is -2.43. The molecule has 0 aliphatic carbocycles. The van der Waals surface area contributed by atoms with Crippen LogP contribution in [-0.2, 0) is 25.6 Å². The summed E-state index contributed by atoms with van der Waals surface area (Å²) >= 11 is 1.66. The van der Waals surface area contributed by atoms with Crippen LogP contribution in [0.15, 0.2) is 41.8 Å². The van der Waals surface area contributed by atoms with Gasteiger partial charge in [-0.3, -0.25) is 19.2 Å². The molecule has 1 aromatic carbocycles. The zero-order valence-electron chi connectivity index (χ0n) is 19.1. The fourth-order valence-corrected chi connectivity index (χ4v) is 4.37. The molecule has 2 rings (SSSR count). The van der Waals surface area contributed by atoms with Crippen molar-refractivity contribution in [3.63, 3.8) is 0 Å². The highest BCUT2D eigenvalue weighted by molar-refractivity contribution is 7.13. The van der Waals surface area contributed by atoms with Crippen LogP contribution in [-0.4, -0.2) is 34.7 Å². The fraction of sp³-hybridized carbons (Fsp3) is 0.440. The highest BCUT2D eigenvalue weighted by atomic mass is 32.1. The van der Waals surface area contributed by atoms with E-state index in [-0.39, 0.29) is 43.3 Å². The Kier molecular flexibility index (Phi) is 10.3. The minimum Gasteiger partial charge on any atom is -0.481 e. The maximum Gasteiger partial charge on any atom is 0.303 e. The van der Waals surface area contributed by atoms with Crippen molar-refractivity contribution in [1.82, 2.24) is 5.32 Å². The number of aliphatic carboxylic acids is 1. The molecule has 4 N–H and O–H groups in total. The van der Waals surface area contributed by atoms with E-state index in [0.717, 1.165) is 11.1 Å². The number of nitrogens with one attached hydrogen (secondary N) is 1. The van der Waals surface area contributed by atoms with Gasteiger partial charge in [0.25, 0.3) is 0 Å². The van der Waals surface area contributed by atoms with Crippen molar-refractivity contribution in [2.75, 3.05) is 0 Å². The van der Waals surface area contributed by atoms with E-state index in [1.807, 2.05) is 55.6 Å². The molecule has 0 saturated heterocycles. The van der Waals surface area contributed by atoms with Gasteiger partial charge in [-0.05, 0) is 47.8 Å². The second-order valence-electron chi connectivity index (χ2n) is 8.63. The second-order valence-corrected chi connectivity index (χ2v) is 9.57. The van der Waals surface area contributed by atoms with Gasteiger partial charge in [0, 0.05) is 30.1 Å². The van der Waals surface area contributed by atoms with E-state index in [1.165, 1.54) is 4.88 Å². The van der Waals surface area contributed by atoms with E-state index in [4.69, 9.17) is 10.8 Å². The quantitative estimate of drug-likeness (QED) is 0.385. The zero-order chi connectivity index (χ0) is 24.4. The predicted octanol–water partition coefficient (Wildman–Crippen LogP) is 3.80. The van der Waals surface area contributed by atoms with Crippen LogP contribution in [0.1, 0.15) is 51.5 Å². The van der Waals surface area contributed by atoms with E-state index in [2.05, 4.69) is 5.32 Å². The number of Topliss-reactive ketones (excluding diaryl/α,β-unsaturated/α-hetero) is 1. The molecule has 0 aliphatic heterocycles. The summed E-state index contributed by atoms with van der Waals surface area (Å²) in [4.78, 5) is 49.2. The molecule has 0 radical (unpaired) electrons. The van der Waals surface area contributed by atoms with Crippen molar-refractivity contribution < 1.29 is 24.3 Å². The average Bonchev–Trinajstić information content (AvgIpc) is 3.29. The van der Waals surface area contributed by atoms with Gasteiger partial charge in [-0.25, -0.2) is 0 Å². The number of carbonyl (C=O) groups excluding carboxylic acids is 3. The van der Waals surface area contributed by atoms with Gasteiger partial charge in [0.2, 0.25) is 11.8 Å². The summed E-state index contributed by atoms with van der Waals surface area (Å²) < 4.78 is 0. The normalized spacial score (nSPS) is 12.8. The molecule has 2 atom stereocenters. The lowest BCUT2D eigenvalue weighted by molar-refractivity contribution is -0.138. The summed E-state index contributed by atoms with van der Waals surface area (Å²) in [5.41, 5.74) is 7.54. The SMILES string of the molecule is CC(C)C[C@@H](CC(=O)[C@H](CCC(=O)O)NC(=O)CCc1ccc(-c2cccs2)cc1)C(N)=O. The van der Waals surface area contributed by atoms with E-state index < -0.39 is 23.8 Å². The van der Waals surface area contributed by atoms with Gasteiger partial charge >= 0.3 is 5.97 Å². The van der Waals surface area contributed by atoms with Crippen LogP contribution in [0.5, 0.6) is 0 Å². The Morgan fingerprint density at radius 3 is 2.30 bits per heavy atom.